The van der Waals surface area contributed by atoms with Gasteiger partial charge in [0.15, 0.2) is 5.44 Å². The summed E-state index contributed by atoms with van der Waals surface area (Å²) in [5, 5.41) is 0. The van der Waals surface area contributed by atoms with E-state index >= 15 is 0 Å². The first-order chi connectivity index (χ1) is 5.24. The standard InChI is InChI=1S/C6H11NO3S.ClH/c1-9-6(8)10-5-4(7)2-3-11-5;/h4-5H,2-3,7H2,1H3;1H. The van der Waals surface area contributed by atoms with Crippen LogP contribution in [0.4, 0.5) is 4.79 Å². The Balaban J connectivity index is 0.00000121. The Hall–Kier alpha value is -0.130. The van der Waals surface area contributed by atoms with Crippen molar-refractivity contribution in [2.75, 3.05) is 12.9 Å². The Bertz CT molecular complexity index is 158. The van der Waals surface area contributed by atoms with Crippen LogP contribution in [-0.2, 0) is 9.47 Å². The Morgan fingerprint density at radius 3 is 2.75 bits per heavy atom. The molecule has 0 aromatic rings. The van der Waals surface area contributed by atoms with Gasteiger partial charge in [0.2, 0.25) is 0 Å². The fourth-order valence-electron chi connectivity index (χ4n) is 0.844. The number of hydrogen-bond acceptors (Lipinski definition) is 5. The van der Waals surface area contributed by atoms with E-state index in [1.54, 1.807) is 11.8 Å². The lowest BCUT2D eigenvalue weighted by molar-refractivity contribution is 0.0593. The average Bonchev–Trinajstić information content (AvgIpc) is 2.37. The van der Waals surface area contributed by atoms with E-state index in [1.807, 2.05) is 0 Å². The molecule has 0 radical (unpaired) electrons. The average molecular weight is 214 g/mol. The molecule has 0 spiro atoms. The van der Waals surface area contributed by atoms with Crippen LogP contribution in [0.15, 0.2) is 0 Å². The third-order valence-corrected chi connectivity index (χ3v) is 2.71. The number of carbonyl (C=O) groups excluding carboxylic acids is 1. The summed E-state index contributed by atoms with van der Waals surface area (Å²) in [4.78, 5) is 10.6. The lowest BCUT2D eigenvalue weighted by atomic mass is 10.3. The van der Waals surface area contributed by atoms with Gasteiger partial charge in [0.1, 0.15) is 0 Å². The van der Waals surface area contributed by atoms with Gasteiger partial charge < -0.3 is 15.2 Å². The predicted octanol–water partition coefficient (Wildman–Crippen LogP) is 0.982. The van der Waals surface area contributed by atoms with Crippen LogP contribution in [0.3, 0.4) is 0 Å². The summed E-state index contributed by atoms with van der Waals surface area (Å²) in [5.74, 6) is 0.947. The maximum absolute atomic E-state index is 10.6. The van der Waals surface area contributed by atoms with Gasteiger partial charge in [-0.05, 0) is 12.2 Å². The van der Waals surface area contributed by atoms with E-state index in [-0.39, 0.29) is 23.9 Å². The second-order valence-corrected chi connectivity index (χ2v) is 3.47. The number of ether oxygens (including phenoxy) is 2. The molecule has 2 N–H and O–H groups in total. The van der Waals surface area contributed by atoms with Gasteiger partial charge >= 0.3 is 6.16 Å². The number of nitrogens with two attached hydrogens (primary N) is 1. The maximum Gasteiger partial charge on any atom is 0.509 e. The third-order valence-electron chi connectivity index (χ3n) is 1.46. The van der Waals surface area contributed by atoms with Crippen molar-refractivity contribution >= 4 is 30.3 Å². The Morgan fingerprint density at radius 2 is 2.33 bits per heavy atom. The molecule has 6 heteroatoms. The molecule has 4 nitrogen and oxygen atoms in total. The summed E-state index contributed by atoms with van der Waals surface area (Å²) in [6.45, 7) is 0. The van der Waals surface area contributed by atoms with Gasteiger partial charge in [0, 0.05) is 0 Å². The molecule has 0 saturated carbocycles. The van der Waals surface area contributed by atoms with Gasteiger partial charge in [-0.2, -0.15) is 0 Å². The van der Waals surface area contributed by atoms with Crippen LogP contribution in [0.1, 0.15) is 6.42 Å². The molecule has 72 valence electrons. The molecule has 0 aromatic heterocycles. The molecule has 1 heterocycles. The minimum atomic E-state index is -0.653. The number of rotatable bonds is 1. The van der Waals surface area contributed by atoms with Crippen LogP contribution in [0, 0.1) is 0 Å². The second-order valence-electron chi connectivity index (χ2n) is 2.26. The second kappa shape index (κ2) is 5.50. The van der Waals surface area contributed by atoms with E-state index in [0.29, 0.717) is 0 Å². The fraction of sp³-hybridized carbons (Fsp3) is 0.833. The molecule has 2 unspecified atom stereocenters. The van der Waals surface area contributed by atoms with E-state index < -0.39 is 6.16 Å². The molecule has 1 fully saturated rings. The van der Waals surface area contributed by atoms with Crippen molar-refractivity contribution in [3.05, 3.63) is 0 Å². The van der Waals surface area contributed by atoms with Crippen LogP contribution in [-0.4, -0.2) is 30.5 Å². The molecule has 1 aliphatic heterocycles. The third kappa shape index (κ3) is 3.08. The molecule has 0 aliphatic carbocycles. The van der Waals surface area contributed by atoms with E-state index in [0.717, 1.165) is 12.2 Å². The summed E-state index contributed by atoms with van der Waals surface area (Å²) < 4.78 is 9.18. The lowest BCUT2D eigenvalue weighted by Crippen LogP contribution is -2.31. The molecule has 1 rings (SSSR count). The number of thioether (sulfide) groups is 1. The van der Waals surface area contributed by atoms with Crippen molar-refractivity contribution in [1.82, 2.24) is 0 Å². The minimum Gasteiger partial charge on any atom is -0.438 e. The first-order valence-corrected chi connectivity index (χ1v) is 4.40. The van der Waals surface area contributed by atoms with Gasteiger partial charge in [0.25, 0.3) is 0 Å². The number of hydrogen-bond donors (Lipinski definition) is 1. The van der Waals surface area contributed by atoms with Crippen molar-refractivity contribution in [3.8, 4) is 0 Å². The van der Waals surface area contributed by atoms with Gasteiger partial charge in [-0.15, -0.1) is 24.2 Å². The van der Waals surface area contributed by atoms with E-state index in [2.05, 4.69) is 4.74 Å². The van der Waals surface area contributed by atoms with Crippen LogP contribution in [0.5, 0.6) is 0 Å². The predicted molar refractivity (Wildman–Crippen MR) is 49.6 cm³/mol. The molecule has 12 heavy (non-hydrogen) atoms. The van der Waals surface area contributed by atoms with Crippen molar-refractivity contribution in [2.24, 2.45) is 5.73 Å². The van der Waals surface area contributed by atoms with E-state index in [1.165, 1.54) is 7.11 Å². The van der Waals surface area contributed by atoms with Crippen LogP contribution in [0.25, 0.3) is 0 Å². The van der Waals surface area contributed by atoms with Gasteiger partial charge in [-0.25, -0.2) is 4.79 Å². The minimum absolute atomic E-state index is 0. The molecular formula is C6H12ClNO3S. The van der Waals surface area contributed by atoms with Crippen molar-refractivity contribution in [2.45, 2.75) is 17.9 Å². The Morgan fingerprint density at radius 1 is 1.67 bits per heavy atom. The number of carbonyl (C=O) groups is 1. The first-order valence-electron chi connectivity index (χ1n) is 3.36. The summed E-state index contributed by atoms with van der Waals surface area (Å²) in [6, 6.07) is -0.0425. The highest BCUT2D eigenvalue weighted by Gasteiger charge is 2.28. The van der Waals surface area contributed by atoms with E-state index in [9.17, 15) is 4.79 Å². The fourth-order valence-corrected chi connectivity index (χ4v) is 2.01. The monoisotopic (exact) mass is 213 g/mol. The topological polar surface area (TPSA) is 61.5 Å². The Kier molecular flexibility index (Phi) is 5.44. The van der Waals surface area contributed by atoms with Crippen molar-refractivity contribution in [1.29, 1.82) is 0 Å². The zero-order chi connectivity index (χ0) is 8.27. The quantitative estimate of drug-likeness (QED) is 0.658. The number of halogens is 1. The summed E-state index contributed by atoms with van der Waals surface area (Å²) in [5.41, 5.74) is 5.41. The van der Waals surface area contributed by atoms with Crippen molar-refractivity contribution < 1.29 is 14.3 Å². The van der Waals surface area contributed by atoms with Crippen LogP contribution >= 0.6 is 24.2 Å². The highest BCUT2D eigenvalue weighted by Crippen LogP contribution is 2.26. The normalized spacial score (nSPS) is 27.5. The first kappa shape index (κ1) is 11.9. The molecular weight excluding hydrogens is 202 g/mol. The molecule has 1 saturated heterocycles. The summed E-state index contributed by atoms with van der Waals surface area (Å²) in [7, 11) is 1.29. The maximum atomic E-state index is 10.6. The largest absolute Gasteiger partial charge is 0.509 e. The highest BCUT2D eigenvalue weighted by atomic mass is 35.5. The lowest BCUT2D eigenvalue weighted by Gasteiger charge is -2.13. The summed E-state index contributed by atoms with van der Waals surface area (Å²) >= 11 is 1.55. The highest BCUT2D eigenvalue weighted by molar-refractivity contribution is 8.00. The van der Waals surface area contributed by atoms with Crippen molar-refractivity contribution in [3.63, 3.8) is 0 Å². The molecule has 0 aromatic carbocycles. The Labute approximate surface area is 81.6 Å². The summed E-state index contributed by atoms with van der Waals surface area (Å²) in [6.07, 6.45) is 0.242. The smallest absolute Gasteiger partial charge is 0.438 e. The number of methoxy groups -OCH3 is 1. The zero-order valence-electron chi connectivity index (χ0n) is 6.69. The molecule has 0 amide bonds. The van der Waals surface area contributed by atoms with Crippen LogP contribution in [0.2, 0.25) is 0 Å². The zero-order valence-corrected chi connectivity index (χ0v) is 8.32. The molecule has 0 bridgehead atoms. The van der Waals surface area contributed by atoms with Gasteiger partial charge in [-0.3, -0.25) is 0 Å². The van der Waals surface area contributed by atoms with Gasteiger partial charge in [0.05, 0.1) is 13.2 Å². The molecule has 1 aliphatic rings. The van der Waals surface area contributed by atoms with E-state index in [4.69, 9.17) is 10.5 Å². The SMILES string of the molecule is COC(=O)OC1SCCC1N.Cl. The van der Waals surface area contributed by atoms with Gasteiger partial charge in [-0.1, -0.05) is 0 Å². The molecule has 2 atom stereocenters. The van der Waals surface area contributed by atoms with Crippen LogP contribution < -0.4 is 5.73 Å².